The van der Waals surface area contributed by atoms with Crippen LogP contribution < -0.4 is 10.1 Å². The third kappa shape index (κ3) is 3.75. The maximum Gasteiger partial charge on any atom is 0.119 e. The molecule has 0 saturated heterocycles. The van der Waals surface area contributed by atoms with Crippen molar-refractivity contribution in [2.24, 2.45) is 0 Å². The van der Waals surface area contributed by atoms with E-state index in [0.29, 0.717) is 6.61 Å². The van der Waals surface area contributed by atoms with Crippen molar-refractivity contribution >= 4 is 27.5 Å². The summed E-state index contributed by atoms with van der Waals surface area (Å²) in [4.78, 5) is 0. The fraction of sp³-hybridized carbons (Fsp3) is 0.250. The zero-order valence-electron chi connectivity index (χ0n) is 11.5. The van der Waals surface area contributed by atoms with E-state index in [1.807, 2.05) is 38.2 Å². The Morgan fingerprint density at radius 1 is 1.15 bits per heavy atom. The number of hydrogen-bond acceptors (Lipinski definition) is 2. The van der Waals surface area contributed by atoms with Gasteiger partial charge in [-0.1, -0.05) is 39.7 Å². The van der Waals surface area contributed by atoms with Crippen LogP contribution in [0, 0.1) is 0 Å². The van der Waals surface area contributed by atoms with Gasteiger partial charge in [-0.2, -0.15) is 0 Å². The Bertz CT molecular complexity index is 551. The van der Waals surface area contributed by atoms with Gasteiger partial charge in [-0.3, -0.25) is 0 Å². The molecule has 2 aromatic rings. The third-order valence-corrected chi connectivity index (χ3v) is 3.71. The second-order valence-corrected chi connectivity index (χ2v) is 5.78. The highest BCUT2D eigenvalue weighted by molar-refractivity contribution is 9.10. The maximum atomic E-state index is 6.13. The molecule has 106 valence electrons. The smallest absolute Gasteiger partial charge is 0.119 e. The molecule has 2 aromatic carbocycles. The van der Waals surface area contributed by atoms with Gasteiger partial charge in [-0.05, 0) is 55.4 Å². The second-order valence-electron chi connectivity index (χ2n) is 4.43. The molecule has 0 aliphatic heterocycles. The van der Waals surface area contributed by atoms with Crippen molar-refractivity contribution in [1.29, 1.82) is 0 Å². The van der Waals surface area contributed by atoms with Crippen LogP contribution in [0.1, 0.15) is 24.1 Å². The Morgan fingerprint density at radius 3 is 2.40 bits per heavy atom. The van der Waals surface area contributed by atoms with E-state index in [1.54, 1.807) is 0 Å². The first-order valence-electron chi connectivity index (χ1n) is 6.50. The molecule has 1 atom stereocenters. The predicted octanol–water partition coefficient (Wildman–Crippen LogP) is 4.81. The average Bonchev–Trinajstić information content (AvgIpc) is 2.41. The molecule has 1 unspecified atom stereocenters. The monoisotopic (exact) mass is 353 g/mol. The zero-order chi connectivity index (χ0) is 14.5. The van der Waals surface area contributed by atoms with E-state index in [4.69, 9.17) is 16.3 Å². The Morgan fingerprint density at radius 2 is 1.85 bits per heavy atom. The molecule has 4 heteroatoms. The molecule has 0 amide bonds. The van der Waals surface area contributed by atoms with Crippen LogP contribution in [0.15, 0.2) is 46.9 Å². The highest BCUT2D eigenvalue weighted by atomic mass is 79.9. The fourth-order valence-electron chi connectivity index (χ4n) is 2.19. The molecule has 2 rings (SSSR count). The van der Waals surface area contributed by atoms with Crippen LogP contribution >= 0.6 is 27.5 Å². The molecular weight excluding hydrogens is 338 g/mol. The summed E-state index contributed by atoms with van der Waals surface area (Å²) in [6.45, 7) is 2.66. The molecule has 1 N–H and O–H groups in total. The van der Waals surface area contributed by atoms with E-state index in [0.717, 1.165) is 20.8 Å². The van der Waals surface area contributed by atoms with Gasteiger partial charge < -0.3 is 10.1 Å². The number of halogens is 2. The van der Waals surface area contributed by atoms with E-state index in [2.05, 4.69) is 39.4 Å². The van der Waals surface area contributed by atoms with E-state index in [9.17, 15) is 0 Å². The highest BCUT2D eigenvalue weighted by Gasteiger charge is 2.13. The number of rotatable bonds is 5. The van der Waals surface area contributed by atoms with E-state index < -0.39 is 0 Å². The van der Waals surface area contributed by atoms with E-state index in [1.165, 1.54) is 5.56 Å². The Balaban J connectivity index is 2.31. The van der Waals surface area contributed by atoms with Gasteiger partial charge in [0.05, 0.1) is 12.6 Å². The molecule has 0 heterocycles. The van der Waals surface area contributed by atoms with Gasteiger partial charge in [0.15, 0.2) is 0 Å². The number of ether oxygens (including phenoxy) is 1. The standard InChI is InChI=1S/C16H17BrClNO/c1-3-20-15-6-4-11(5-7-15)16(19-2)12-8-13(17)10-14(18)9-12/h4-10,16,19H,3H2,1-2H3. The first-order chi connectivity index (χ1) is 9.63. The molecular formula is C16H17BrClNO. The highest BCUT2D eigenvalue weighted by Crippen LogP contribution is 2.28. The molecule has 20 heavy (non-hydrogen) atoms. The van der Waals surface area contributed by atoms with Gasteiger partial charge in [0.2, 0.25) is 0 Å². The van der Waals surface area contributed by atoms with Crippen LogP contribution in [0.3, 0.4) is 0 Å². The quantitative estimate of drug-likeness (QED) is 0.832. The van der Waals surface area contributed by atoms with Gasteiger partial charge in [-0.15, -0.1) is 0 Å². The van der Waals surface area contributed by atoms with Crippen LogP contribution in [0.2, 0.25) is 5.02 Å². The Kier molecular flexibility index (Phi) is 5.46. The summed E-state index contributed by atoms with van der Waals surface area (Å²) in [6.07, 6.45) is 0. The normalized spacial score (nSPS) is 12.2. The van der Waals surface area contributed by atoms with Gasteiger partial charge in [-0.25, -0.2) is 0 Å². The summed E-state index contributed by atoms with van der Waals surface area (Å²) >= 11 is 9.61. The lowest BCUT2D eigenvalue weighted by molar-refractivity contribution is 0.340. The summed E-state index contributed by atoms with van der Waals surface area (Å²) in [6, 6.07) is 14.2. The molecule has 0 saturated carbocycles. The Hall–Kier alpha value is -1.03. The fourth-order valence-corrected chi connectivity index (χ4v) is 3.08. The number of hydrogen-bond donors (Lipinski definition) is 1. The van der Waals surface area contributed by atoms with Crippen molar-refractivity contribution < 1.29 is 4.74 Å². The molecule has 0 aromatic heterocycles. The molecule has 0 aliphatic rings. The molecule has 0 spiro atoms. The molecule has 2 nitrogen and oxygen atoms in total. The van der Waals surface area contributed by atoms with Crippen molar-refractivity contribution in [3.05, 3.63) is 63.1 Å². The number of nitrogens with one attached hydrogen (secondary N) is 1. The van der Waals surface area contributed by atoms with Gasteiger partial charge >= 0.3 is 0 Å². The van der Waals surface area contributed by atoms with Gasteiger partial charge in [0, 0.05) is 9.50 Å². The molecule has 0 aliphatic carbocycles. The van der Waals surface area contributed by atoms with E-state index >= 15 is 0 Å². The minimum absolute atomic E-state index is 0.0978. The third-order valence-electron chi connectivity index (χ3n) is 3.03. The number of benzene rings is 2. The van der Waals surface area contributed by atoms with Crippen molar-refractivity contribution in [2.45, 2.75) is 13.0 Å². The molecule has 0 fully saturated rings. The first-order valence-corrected chi connectivity index (χ1v) is 7.67. The van der Waals surface area contributed by atoms with Crippen LogP contribution in [0.25, 0.3) is 0 Å². The van der Waals surface area contributed by atoms with Crippen LogP contribution in [0.5, 0.6) is 5.75 Å². The average molecular weight is 355 g/mol. The lowest BCUT2D eigenvalue weighted by Crippen LogP contribution is -2.17. The van der Waals surface area contributed by atoms with Crippen molar-refractivity contribution in [3.8, 4) is 5.75 Å². The molecule has 0 radical (unpaired) electrons. The van der Waals surface area contributed by atoms with Gasteiger partial charge in [0.1, 0.15) is 5.75 Å². The first kappa shape index (κ1) is 15.4. The van der Waals surface area contributed by atoms with Crippen LogP contribution in [0.4, 0.5) is 0 Å². The zero-order valence-corrected chi connectivity index (χ0v) is 13.8. The van der Waals surface area contributed by atoms with E-state index in [-0.39, 0.29) is 6.04 Å². The minimum atomic E-state index is 0.0978. The largest absolute Gasteiger partial charge is 0.494 e. The second kappa shape index (κ2) is 7.11. The van der Waals surface area contributed by atoms with Crippen molar-refractivity contribution in [1.82, 2.24) is 5.32 Å². The van der Waals surface area contributed by atoms with Crippen molar-refractivity contribution in [3.63, 3.8) is 0 Å². The summed E-state index contributed by atoms with van der Waals surface area (Å²) < 4.78 is 6.45. The lowest BCUT2D eigenvalue weighted by atomic mass is 9.99. The van der Waals surface area contributed by atoms with Gasteiger partial charge in [0.25, 0.3) is 0 Å². The topological polar surface area (TPSA) is 21.3 Å². The lowest BCUT2D eigenvalue weighted by Gasteiger charge is -2.18. The maximum absolute atomic E-state index is 6.13. The summed E-state index contributed by atoms with van der Waals surface area (Å²) in [5.74, 6) is 0.887. The van der Waals surface area contributed by atoms with Crippen LogP contribution in [-0.2, 0) is 0 Å². The SMILES string of the molecule is CCOc1ccc(C(NC)c2cc(Cl)cc(Br)c2)cc1. The Labute approximate surface area is 133 Å². The van der Waals surface area contributed by atoms with Crippen LogP contribution in [-0.4, -0.2) is 13.7 Å². The summed E-state index contributed by atoms with van der Waals surface area (Å²) in [5, 5.41) is 4.04. The summed E-state index contributed by atoms with van der Waals surface area (Å²) in [7, 11) is 1.94. The molecule has 0 bridgehead atoms. The minimum Gasteiger partial charge on any atom is -0.494 e. The van der Waals surface area contributed by atoms with Crippen molar-refractivity contribution in [2.75, 3.05) is 13.7 Å². The predicted molar refractivity (Wildman–Crippen MR) is 87.7 cm³/mol. The summed E-state index contributed by atoms with van der Waals surface area (Å²) in [5.41, 5.74) is 2.29.